The van der Waals surface area contributed by atoms with Crippen molar-refractivity contribution in [3.05, 3.63) is 12.7 Å². The Kier molecular flexibility index (Phi) is 2.48. The molecule has 0 bridgehead atoms. The number of carbonyl (C=O) groups is 1. The van der Waals surface area contributed by atoms with Crippen molar-refractivity contribution in [1.29, 1.82) is 0 Å². The van der Waals surface area contributed by atoms with E-state index in [1.165, 1.54) is 6.33 Å². The number of hydrogen-bond donors (Lipinski definition) is 1. The first-order valence-corrected chi connectivity index (χ1v) is 5.57. The molecule has 0 saturated heterocycles. The van der Waals surface area contributed by atoms with Crippen molar-refractivity contribution in [3.63, 3.8) is 0 Å². The van der Waals surface area contributed by atoms with E-state index in [1.807, 2.05) is 25.5 Å². The molecular formula is C11H18N4O. The van der Waals surface area contributed by atoms with Gasteiger partial charge in [0, 0.05) is 12.0 Å². The number of aromatic nitrogens is 3. The molecule has 1 saturated carbocycles. The summed E-state index contributed by atoms with van der Waals surface area (Å²) in [7, 11) is 0. The molecule has 1 N–H and O–H groups in total. The Balaban J connectivity index is 1.94. The molecule has 16 heavy (non-hydrogen) atoms. The predicted molar refractivity (Wildman–Crippen MR) is 59.7 cm³/mol. The van der Waals surface area contributed by atoms with Crippen LogP contribution in [-0.2, 0) is 10.3 Å². The van der Waals surface area contributed by atoms with Crippen molar-refractivity contribution >= 4 is 5.91 Å². The summed E-state index contributed by atoms with van der Waals surface area (Å²) < 4.78 is 1.86. The van der Waals surface area contributed by atoms with Gasteiger partial charge in [0.2, 0.25) is 5.91 Å². The van der Waals surface area contributed by atoms with Gasteiger partial charge in [-0.2, -0.15) is 5.10 Å². The molecule has 88 valence electrons. The van der Waals surface area contributed by atoms with Gasteiger partial charge < -0.3 is 5.32 Å². The van der Waals surface area contributed by atoms with Gasteiger partial charge in [0.05, 0.1) is 5.54 Å². The lowest BCUT2D eigenvalue weighted by Crippen LogP contribution is -2.41. The summed E-state index contributed by atoms with van der Waals surface area (Å²) in [6.45, 7) is 6.39. The molecule has 0 aromatic carbocycles. The van der Waals surface area contributed by atoms with Gasteiger partial charge >= 0.3 is 0 Å². The summed E-state index contributed by atoms with van der Waals surface area (Å²) in [4.78, 5) is 15.7. The van der Waals surface area contributed by atoms with Gasteiger partial charge in [-0.3, -0.25) is 4.79 Å². The van der Waals surface area contributed by atoms with E-state index in [0.29, 0.717) is 6.54 Å². The van der Waals surface area contributed by atoms with Crippen LogP contribution < -0.4 is 5.32 Å². The molecule has 0 aliphatic heterocycles. The van der Waals surface area contributed by atoms with Crippen LogP contribution in [0, 0.1) is 5.41 Å². The van der Waals surface area contributed by atoms with Crippen LogP contribution in [0.5, 0.6) is 0 Å². The van der Waals surface area contributed by atoms with E-state index in [0.717, 1.165) is 12.8 Å². The maximum Gasteiger partial charge on any atom is 0.225 e. The molecular weight excluding hydrogens is 204 g/mol. The summed E-state index contributed by atoms with van der Waals surface area (Å²) >= 11 is 0. The fraction of sp³-hybridized carbons (Fsp3) is 0.727. The highest BCUT2D eigenvalue weighted by atomic mass is 16.2. The summed E-state index contributed by atoms with van der Waals surface area (Å²) in [5.74, 6) is 0.0823. The molecule has 1 fully saturated rings. The number of hydrogen-bond acceptors (Lipinski definition) is 3. The minimum absolute atomic E-state index is 0.0165. The van der Waals surface area contributed by atoms with Crippen LogP contribution in [0.2, 0.25) is 0 Å². The van der Waals surface area contributed by atoms with E-state index in [-0.39, 0.29) is 16.9 Å². The second kappa shape index (κ2) is 3.57. The van der Waals surface area contributed by atoms with Crippen LogP contribution in [-0.4, -0.2) is 27.2 Å². The molecule has 5 heteroatoms. The fourth-order valence-electron chi connectivity index (χ4n) is 1.59. The molecule has 1 amide bonds. The van der Waals surface area contributed by atoms with Crippen LogP contribution >= 0.6 is 0 Å². The van der Waals surface area contributed by atoms with Crippen LogP contribution in [0.3, 0.4) is 0 Å². The van der Waals surface area contributed by atoms with Gasteiger partial charge in [0.1, 0.15) is 12.7 Å². The quantitative estimate of drug-likeness (QED) is 0.827. The van der Waals surface area contributed by atoms with Crippen LogP contribution in [0.4, 0.5) is 0 Å². The Morgan fingerprint density at radius 1 is 1.50 bits per heavy atom. The van der Waals surface area contributed by atoms with Crippen molar-refractivity contribution in [2.75, 3.05) is 6.54 Å². The molecule has 0 atom stereocenters. The van der Waals surface area contributed by atoms with Crippen LogP contribution in [0.15, 0.2) is 12.7 Å². The third-order valence-electron chi connectivity index (χ3n) is 2.99. The van der Waals surface area contributed by atoms with E-state index in [2.05, 4.69) is 15.4 Å². The molecule has 5 nitrogen and oxygen atoms in total. The Hall–Kier alpha value is -1.39. The first kappa shape index (κ1) is 11.1. The van der Waals surface area contributed by atoms with Gasteiger partial charge in [0.15, 0.2) is 0 Å². The van der Waals surface area contributed by atoms with E-state index >= 15 is 0 Å². The largest absolute Gasteiger partial charge is 0.353 e. The average molecular weight is 222 g/mol. The summed E-state index contributed by atoms with van der Waals surface area (Å²) in [5, 5.41) is 7.13. The maximum absolute atomic E-state index is 11.8. The Bertz CT molecular complexity index is 373. The summed E-state index contributed by atoms with van der Waals surface area (Å²) in [6, 6.07) is 0. The number of nitrogens with zero attached hydrogens (tertiary/aromatic N) is 3. The van der Waals surface area contributed by atoms with E-state index in [9.17, 15) is 4.79 Å². The maximum atomic E-state index is 11.8. The van der Waals surface area contributed by atoms with Crippen molar-refractivity contribution in [1.82, 2.24) is 20.1 Å². The molecule has 2 rings (SSSR count). The lowest BCUT2D eigenvalue weighted by Gasteiger charge is -2.21. The zero-order valence-electron chi connectivity index (χ0n) is 10.0. The molecule has 1 aliphatic carbocycles. The van der Waals surface area contributed by atoms with Gasteiger partial charge in [-0.05, 0) is 12.8 Å². The first-order chi connectivity index (χ1) is 7.44. The van der Waals surface area contributed by atoms with Crippen molar-refractivity contribution < 1.29 is 4.79 Å². The molecule has 1 aromatic heterocycles. The SMILES string of the molecule is CC(C)(C)C(=O)NCC1(n2cncn2)CC1. The van der Waals surface area contributed by atoms with Crippen molar-refractivity contribution in [2.24, 2.45) is 5.41 Å². The first-order valence-electron chi connectivity index (χ1n) is 5.57. The van der Waals surface area contributed by atoms with Gasteiger partial charge in [-0.25, -0.2) is 9.67 Å². The Labute approximate surface area is 95.2 Å². The fourth-order valence-corrected chi connectivity index (χ4v) is 1.59. The Morgan fingerprint density at radius 3 is 2.62 bits per heavy atom. The molecule has 0 radical (unpaired) electrons. The summed E-state index contributed by atoms with van der Waals surface area (Å²) in [5.41, 5.74) is -0.351. The van der Waals surface area contributed by atoms with E-state index < -0.39 is 0 Å². The molecule has 1 heterocycles. The predicted octanol–water partition coefficient (Wildman–Crippen LogP) is 0.929. The van der Waals surface area contributed by atoms with E-state index in [1.54, 1.807) is 6.33 Å². The zero-order valence-corrected chi connectivity index (χ0v) is 10.0. The minimum atomic E-state index is -0.335. The third-order valence-corrected chi connectivity index (χ3v) is 2.99. The second-order valence-electron chi connectivity index (χ2n) is 5.50. The lowest BCUT2D eigenvalue weighted by atomic mass is 9.95. The normalized spacial score (nSPS) is 18.2. The van der Waals surface area contributed by atoms with Gasteiger partial charge in [-0.15, -0.1) is 0 Å². The molecule has 0 unspecified atom stereocenters. The van der Waals surface area contributed by atoms with E-state index in [4.69, 9.17) is 0 Å². The Morgan fingerprint density at radius 2 is 2.19 bits per heavy atom. The van der Waals surface area contributed by atoms with Crippen LogP contribution in [0.25, 0.3) is 0 Å². The highest BCUT2D eigenvalue weighted by molar-refractivity contribution is 5.81. The number of amides is 1. The number of nitrogens with one attached hydrogen (secondary N) is 1. The van der Waals surface area contributed by atoms with Gasteiger partial charge in [0.25, 0.3) is 0 Å². The highest BCUT2D eigenvalue weighted by Crippen LogP contribution is 2.42. The molecule has 1 aliphatic rings. The third kappa shape index (κ3) is 2.08. The average Bonchev–Trinajstić information content (AvgIpc) is 2.77. The molecule has 0 spiro atoms. The van der Waals surface area contributed by atoms with Gasteiger partial charge in [-0.1, -0.05) is 20.8 Å². The topological polar surface area (TPSA) is 59.8 Å². The van der Waals surface area contributed by atoms with Crippen molar-refractivity contribution in [3.8, 4) is 0 Å². The van der Waals surface area contributed by atoms with Crippen LogP contribution in [0.1, 0.15) is 33.6 Å². The monoisotopic (exact) mass is 222 g/mol. The number of rotatable bonds is 3. The minimum Gasteiger partial charge on any atom is -0.353 e. The number of carbonyl (C=O) groups excluding carboxylic acids is 1. The standard InChI is InChI=1S/C11H18N4O/c1-10(2,3)9(16)13-6-11(4-5-11)15-8-12-7-14-15/h7-8H,4-6H2,1-3H3,(H,13,16). The lowest BCUT2D eigenvalue weighted by molar-refractivity contribution is -0.128. The summed E-state index contributed by atoms with van der Waals surface area (Å²) in [6.07, 6.45) is 5.36. The molecule has 1 aromatic rings. The zero-order chi connectivity index (χ0) is 11.8. The smallest absolute Gasteiger partial charge is 0.225 e. The highest BCUT2D eigenvalue weighted by Gasteiger charge is 2.46. The van der Waals surface area contributed by atoms with Crippen molar-refractivity contribution in [2.45, 2.75) is 39.2 Å². The second-order valence-corrected chi connectivity index (χ2v) is 5.50.